The van der Waals surface area contributed by atoms with Crippen molar-refractivity contribution < 1.29 is 4.74 Å². The average Bonchev–Trinajstić information content (AvgIpc) is 3.16. The summed E-state index contributed by atoms with van der Waals surface area (Å²) in [6.45, 7) is 2.10. The van der Waals surface area contributed by atoms with Crippen LogP contribution in [0.4, 0.5) is 0 Å². The van der Waals surface area contributed by atoms with Crippen molar-refractivity contribution in [2.24, 2.45) is 7.05 Å². The first-order valence-electron chi connectivity index (χ1n) is 7.91. The monoisotopic (exact) mass is 317 g/mol. The normalized spacial score (nSPS) is 11.1. The molecule has 24 heavy (non-hydrogen) atoms. The highest BCUT2D eigenvalue weighted by atomic mass is 16.5. The van der Waals surface area contributed by atoms with E-state index in [1.807, 2.05) is 24.3 Å². The van der Waals surface area contributed by atoms with Gasteiger partial charge in [0, 0.05) is 25.0 Å². The molecule has 0 unspecified atom stereocenters. The number of fused-ring (bicyclic) bond motifs is 1. The van der Waals surface area contributed by atoms with Gasteiger partial charge in [-0.05, 0) is 36.8 Å². The fourth-order valence-electron chi connectivity index (χ4n) is 2.95. The SMILES string of the molecule is COc1ccc(-c2cn3cc(-c4ccc(C)cc4)n(C)c3n2)cc1. The second kappa shape index (κ2) is 5.57. The third-order valence-electron chi connectivity index (χ3n) is 4.37. The molecule has 0 N–H and O–H groups in total. The largest absolute Gasteiger partial charge is 0.497 e. The molecule has 2 aromatic carbocycles. The lowest BCUT2D eigenvalue weighted by atomic mass is 10.1. The highest BCUT2D eigenvalue weighted by Crippen LogP contribution is 2.26. The Morgan fingerprint density at radius 1 is 0.875 bits per heavy atom. The van der Waals surface area contributed by atoms with Gasteiger partial charge in [0.15, 0.2) is 0 Å². The molecule has 0 aliphatic heterocycles. The first kappa shape index (κ1) is 14.6. The van der Waals surface area contributed by atoms with Gasteiger partial charge in [-0.3, -0.25) is 4.40 Å². The quantitative estimate of drug-likeness (QED) is 0.563. The minimum absolute atomic E-state index is 0.851. The van der Waals surface area contributed by atoms with Gasteiger partial charge >= 0.3 is 0 Å². The van der Waals surface area contributed by atoms with Crippen molar-refractivity contribution in [1.29, 1.82) is 0 Å². The standard InChI is InChI=1S/C20H19N3O/c1-14-4-6-16(7-5-14)19-13-23-12-18(21-20(23)22(19)2)15-8-10-17(24-3)11-9-15/h4-13H,1-3H3. The maximum absolute atomic E-state index is 5.21. The lowest BCUT2D eigenvalue weighted by molar-refractivity contribution is 0.415. The third-order valence-corrected chi connectivity index (χ3v) is 4.37. The van der Waals surface area contributed by atoms with E-state index in [4.69, 9.17) is 9.72 Å². The zero-order chi connectivity index (χ0) is 16.7. The lowest BCUT2D eigenvalue weighted by Crippen LogP contribution is -1.92. The molecule has 2 aromatic heterocycles. The minimum Gasteiger partial charge on any atom is -0.497 e. The first-order valence-corrected chi connectivity index (χ1v) is 7.91. The van der Waals surface area contributed by atoms with Crippen LogP contribution in [0.1, 0.15) is 5.56 Å². The van der Waals surface area contributed by atoms with Gasteiger partial charge in [-0.15, -0.1) is 0 Å². The predicted octanol–water partition coefficient (Wildman–Crippen LogP) is 4.32. The number of hydrogen-bond acceptors (Lipinski definition) is 2. The van der Waals surface area contributed by atoms with E-state index in [9.17, 15) is 0 Å². The van der Waals surface area contributed by atoms with Crippen LogP contribution in [0.15, 0.2) is 60.9 Å². The summed E-state index contributed by atoms with van der Waals surface area (Å²) in [6, 6.07) is 16.5. The Labute approximate surface area is 141 Å². The van der Waals surface area contributed by atoms with Crippen molar-refractivity contribution in [1.82, 2.24) is 14.0 Å². The summed E-state index contributed by atoms with van der Waals surface area (Å²) in [5.41, 5.74) is 5.65. The molecule has 0 aliphatic carbocycles. The van der Waals surface area contributed by atoms with E-state index in [1.165, 1.54) is 11.1 Å². The van der Waals surface area contributed by atoms with Crippen LogP contribution in [0.3, 0.4) is 0 Å². The summed E-state index contributed by atoms with van der Waals surface area (Å²) in [6.07, 6.45) is 4.19. The summed E-state index contributed by atoms with van der Waals surface area (Å²) in [5, 5.41) is 0. The molecule has 0 aliphatic rings. The highest BCUT2D eigenvalue weighted by molar-refractivity contribution is 5.67. The van der Waals surface area contributed by atoms with Gasteiger partial charge in [0.1, 0.15) is 5.75 Å². The number of nitrogens with zero attached hydrogens (tertiary/aromatic N) is 3. The van der Waals surface area contributed by atoms with Crippen LogP contribution in [0, 0.1) is 6.92 Å². The van der Waals surface area contributed by atoms with Gasteiger partial charge < -0.3 is 9.30 Å². The van der Waals surface area contributed by atoms with E-state index >= 15 is 0 Å². The van der Waals surface area contributed by atoms with E-state index < -0.39 is 0 Å². The number of rotatable bonds is 3. The molecule has 0 amide bonds. The lowest BCUT2D eigenvalue weighted by Gasteiger charge is -2.03. The number of hydrogen-bond donors (Lipinski definition) is 0. The Morgan fingerprint density at radius 2 is 1.54 bits per heavy atom. The molecule has 0 bridgehead atoms. The highest BCUT2D eigenvalue weighted by Gasteiger charge is 2.12. The van der Waals surface area contributed by atoms with Crippen molar-refractivity contribution in [3.8, 4) is 28.3 Å². The van der Waals surface area contributed by atoms with E-state index in [1.54, 1.807) is 7.11 Å². The zero-order valence-corrected chi connectivity index (χ0v) is 14.0. The summed E-state index contributed by atoms with van der Waals surface area (Å²) in [4.78, 5) is 4.79. The van der Waals surface area contributed by atoms with Crippen LogP contribution < -0.4 is 4.74 Å². The zero-order valence-electron chi connectivity index (χ0n) is 14.0. The molecule has 0 fully saturated rings. The number of ether oxygens (including phenoxy) is 1. The van der Waals surface area contributed by atoms with Gasteiger partial charge in [0.05, 0.1) is 18.5 Å². The van der Waals surface area contributed by atoms with Crippen molar-refractivity contribution in [3.05, 3.63) is 66.5 Å². The molecule has 0 saturated heterocycles. The van der Waals surface area contributed by atoms with E-state index in [2.05, 4.69) is 59.6 Å². The molecular weight excluding hydrogens is 298 g/mol. The molecule has 0 radical (unpaired) electrons. The Bertz CT molecular complexity index is 992. The number of benzene rings is 2. The van der Waals surface area contributed by atoms with Crippen LogP contribution in [0.2, 0.25) is 0 Å². The topological polar surface area (TPSA) is 31.5 Å². The van der Waals surface area contributed by atoms with Crippen LogP contribution in [-0.4, -0.2) is 21.1 Å². The minimum atomic E-state index is 0.851. The summed E-state index contributed by atoms with van der Waals surface area (Å²) in [5.74, 6) is 1.78. The predicted molar refractivity (Wildman–Crippen MR) is 96.3 cm³/mol. The van der Waals surface area contributed by atoms with E-state index in [-0.39, 0.29) is 0 Å². The first-order chi connectivity index (χ1) is 11.7. The van der Waals surface area contributed by atoms with Crippen LogP contribution in [0.5, 0.6) is 5.75 Å². The molecular formula is C20H19N3O. The van der Waals surface area contributed by atoms with Crippen LogP contribution in [0.25, 0.3) is 28.3 Å². The Balaban J connectivity index is 1.75. The second-order valence-electron chi connectivity index (χ2n) is 6.00. The smallest absolute Gasteiger partial charge is 0.214 e. The summed E-state index contributed by atoms with van der Waals surface area (Å²) >= 11 is 0. The molecule has 120 valence electrons. The van der Waals surface area contributed by atoms with Gasteiger partial charge in [-0.1, -0.05) is 29.8 Å². The molecule has 4 heteroatoms. The van der Waals surface area contributed by atoms with Gasteiger partial charge in [-0.2, -0.15) is 0 Å². The Kier molecular flexibility index (Phi) is 3.38. The second-order valence-corrected chi connectivity index (χ2v) is 6.00. The number of methoxy groups -OCH3 is 1. The fourth-order valence-corrected chi connectivity index (χ4v) is 2.95. The van der Waals surface area contributed by atoms with Crippen molar-refractivity contribution in [2.45, 2.75) is 6.92 Å². The summed E-state index contributed by atoms with van der Waals surface area (Å²) < 4.78 is 9.41. The molecule has 0 atom stereocenters. The van der Waals surface area contributed by atoms with Crippen molar-refractivity contribution in [2.75, 3.05) is 7.11 Å². The van der Waals surface area contributed by atoms with E-state index in [0.29, 0.717) is 0 Å². The number of aryl methyl sites for hydroxylation is 2. The molecule has 0 saturated carbocycles. The molecule has 0 spiro atoms. The van der Waals surface area contributed by atoms with Gasteiger partial charge in [-0.25, -0.2) is 4.98 Å². The maximum Gasteiger partial charge on any atom is 0.214 e. The molecule has 2 heterocycles. The maximum atomic E-state index is 5.21. The Morgan fingerprint density at radius 3 is 2.17 bits per heavy atom. The molecule has 4 rings (SSSR count). The van der Waals surface area contributed by atoms with Gasteiger partial charge in [0.25, 0.3) is 0 Å². The van der Waals surface area contributed by atoms with Gasteiger partial charge in [0.2, 0.25) is 5.78 Å². The van der Waals surface area contributed by atoms with Crippen molar-refractivity contribution >= 4 is 5.78 Å². The van der Waals surface area contributed by atoms with E-state index in [0.717, 1.165) is 28.5 Å². The molecule has 4 aromatic rings. The number of imidazole rings is 2. The number of aromatic nitrogens is 3. The third kappa shape index (κ3) is 2.36. The average molecular weight is 317 g/mol. The van der Waals surface area contributed by atoms with Crippen LogP contribution in [-0.2, 0) is 7.05 Å². The molecule has 4 nitrogen and oxygen atoms in total. The van der Waals surface area contributed by atoms with Crippen molar-refractivity contribution in [3.63, 3.8) is 0 Å². The Hall–Kier alpha value is -3.01. The fraction of sp³-hybridized carbons (Fsp3) is 0.150. The summed E-state index contributed by atoms with van der Waals surface area (Å²) in [7, 11) is 3.72. The van der Waals surface area contributed by atoms with Crippen LogP contribution >= 0.6 is 0 Å².